The molecule has 0 bridgehead atoms. The molecule has 3 nitrogen and oxygen atoms in total. The maximum atomic E-state index is 11.9. The van der Waals surface area contributed by atoms with E-state index >= 15 is 0 Å². The first-order valence-electron chi connectivity index (χ1n) is 6.21. The number of hydrogen-bond donors (Lipinski definition) is 1. The fourth-order valence-corrected chi connectivity index (χ4v) is 3.49. The van der Waals surface area contributed by atoms with Crippen molar-refractivity contribution >= 4 is 57.5 Å². The third-order valence-corrected chi connectivity index (χ3v) is 4.99. The molecular weight excluding hydrogens is 324 g/mol. The average molecular weight is 335 g/mol. The molecule has 1 fully saturated rings. The highest BCUT2D eigenvalue weighted by atomic mass is 35.5. The number of aryl methyl sites for hydroxylation is 1. The second kappa shape index (κ2) is 6.05. The number of amides is 1. The molecule has 0 aliphatic carbocycles. The van der Waals surface area contributed by atoms with Gasteiger partial charge in [-0.1, -0.05) is 23.7 Å². The number of aliphatic imine (C=N–C) groups is 1. The first-order chi connectivity index (χ1) is 10.1. The summed E-state index contributed by atoms with van der Waals surface area (Å²) in [6.45, 7) is 1.94. The summed E-state index contributed by atoms with van der Waals surface area (Å²) >= 11 is 9.01. The largest absolute Gasteiger partial charge is 0.300 e. The van der Waals surface area contributed by atoms with Crippen molar-refractivity contribution in [3.05, 3.63) is 56.1 Å². The molecule has 1 aliphatic rings. The molecule has 1 N–H and O–H groups in total. The van der Waals surface area contributed by atoms with Crippen molar-refractivity contribution in [3.63, 3.8) is 0 Å². The van der Waals surface area contributed by atoms with E-state index in [0.717, 1.165) is 16.1 Å². The molecule has 0 unspecified atom stereocenters. The van der Waals surface area contributed by atoms with Gasteiger partial charge in [-0.2, -0.15) is 0 Å². The maximum Gasteiger partial charge on any atom is 0.264 e. The molecule has 1 saturated heterocycles. The number of thiophene rings is 1. The number of carbonyl (C=O) groups is 1. The van der Waals surface area contributed by atoms with Crippen LogP contribution in [-0.4, -0.2) is 11.1 Å². The van der Waals surface area contributed by atoms with Gasteiger partial charge in [0.15, 0.2) is 5.17 Å². The number of carbonyl (C=O) groups excluding carboxylic acids is 1. The van der Waals surface area contributed by atoms with Crippen LogP contribution in [0.25, 0.3) is 6.08 Å². The van der Waals surface area contributed by atoms with Crippen LogP contribution >= 0.6 is 34.7 Å². The van der Waals surface area contributed by atoms with E-state index in [2.05, 4.69) is 10.3 Å². The highest BCUT2D eigenvalue weighted by Crippen LogP contribution is 2.30. The normalized spacial score (nSPS) is 18.5. The quantitative estimate of drug-likeness (QED) is 0.815. The number of halogens is 1. The number of thioether (sulfide) groups is 1. The summed E-state index contributed by atoms with van der Waals surface area (Å²) in [5.41, 5.74) is 1.73. The predicted molar refractivity (Wildman–Crippen MR) is 91.3 cm³/mol. The fourth-order valence-electron chi connectivity index (χ4n) is 1.75. The third-order valence-electron chi connectivity index (χ3n) is 2.85. The summed E-state index contributed by atoms with van der Waals surface area (Å²) in [5.74, 6) is -0.120. The van der Waals surface area contributed by atoms with E-state index in [1.54, 1.807) is 17.4 Å². The van der Waals surface area contributed by atoms with Crippen molar-refractivity contribution in [1.29, 1.82) is 0 Å². The molecular formula is C15H11ClN2OS2. The van der Waals surface area contributed by atoms with E-state index in [-0.39, 0.29) is 5.91 Å². The minimum absolute atomic E-state index is 0.120. The lowest BCUT2D eigenvalue weighted by atomic mass is 10.2. The Morgan fingerprint density at radius 3 is 2.90 bits per heavy atom. The lowest BCUT2D eigenvalue weighted by molar-refractivity contribution is -0.115. The van der Waals surface area contributed by atoms with Crippen molar-refractivity contribution in [2.45, 2.75) is 6.92 Å². The van der Waals surface area contributed by atoms with E-state index < -0.39 is 0 Å². The predicted octanol–water partition coefficient (Wildman–Crippen LogP) is 4.60. The van der Waals surface area contributed by atoms with Crippen molar-refractivity contribution in [2.75, 3.05) is 0 Å². The zero-order chi connectivity index (χ0) is 14.8. The Morgan fingerprint density at radius 2 is 2.19 bits per heavy atom. The standard InChI is InChI=1S/C15H11ClN2OS2/c1-9-4-5-10(7-12(9)16)17-15-18-14(19)13(21-15)8-11-3-2-6-20-11/h2-8H,1H3,(H,17,18,19)/b13-8-. The Labute approximate surface area is 135 Å². The van der Waals surface area contributed by atoms with Crippen LogP contribution in [0.1, 0.15) is 10.4 Å². The highest BCUT2D eigenvalue weighted by molar-refractivity contribution is 8.18. The molecule has 2 heterocycles. The van der Waals surface area contributed by atoms with Gasteiger partial charge < -0.3 is 5.32 Å². The molecule has 3 rings (SSSR count). The minimum Gasteiger partial charge on any atom is -0.300 e. The number of rotatable bonds is 2. The number of benzene rings is 1. The van der Waals surface area contributed by atoms with E-state index in [4.69, 9.17) is 11.6 Å². The van der Waals surface area contributed by atoms with Crippen molar-refractivity contribution in [2.24, 2.45) is 4.99 Å². The zero-order valence-electron chi connectivity index (χ0n) is 11.1. The lowest BCUT2D eigenvalue weighted by Gasteiger charge is -2.00. The molecule has 21 heavy (non-hydrogen) atoms. The number of hydrogen-bond acceptors (Lipinski definition) is 4. The number of nitrogens with one attached hydrogen (secondary N) is 1. The van der Waals surface area contributed by atoms with Crippen LogP contribution in [0.4, 0.5) is 5.69 Å². The van der Waals surface area contributed by atoms with E-state index in [1.165, 1.54) is 11.8 Å². The first-order valence-corrected chi connectivity index (χ1v) is 8.28. The molecule has 0 atom stereocenters. The smallest absolute Gasteiger partial charge is 0.264 e. The van der Waals surface area contributed by atoms with Gasteiger partial charge in [0, 0.05) is 9.90 Å². The molecule has 1 amide bonds. The van der Waals surface area contributed by atoms with Crippen LogP contribution in [0, 0.1) is 6.92 Å². The van der Waals surface area contributed by atoms with Crippen LogP contribution < -0.4 is 5.32 Å². The van der Waals surface area contributed by atoms with E-state index in [1.807, 2.05) is 42.6 Å². The van der Waals surface area contributed by atoms with Gasteiger partial charge in [0.2, 0.25) is 0 Å². The van der Waals surface area contributed by atoms with Crippen LogP contribution in [0.2, 0.25) is 5.02 Å². The van der Waals surface area contributed by atoms with Crippen molar-refractivity contribution in [1.82, 2.24) is 5.32 Å². The molecule has 106 valence electrons. The molecule has 1 aromatic carbocycles. The molecule has 1 aromatic heterocycles. The molecule has 1 aliphatic heterocycles. The summed E-state index contributed by atoms with van der Waals surface area (Å²) in [7, 11) is 0. The van der Waals surface area contributed by atoms with Gasteiger partial charge >= 0.3 is 0 Å². The Hall–Kier alpha value is -1.56. The van der Waals surface area contributed by atoms with Crippen molar-refractivity contribution in [3.8, 4) is 0 Å². The number of amidine groups is 1. The van der Waals surface area contributed by atoms with Crippen molar-refractivity contribution < 1.29 is 4.79 Å². The second-order valence-electron chi connectivity index (χ2n) is 4.43. The van der Waals surface area contributed by atoms with Gasteiger partial charge in [-0.3, -0.25) is 4.79 Å². The van der Waals surface area contributed by atoms with Gasteiger partial charge in [0.05, 0.1) is 10.6 Å². The maximum absolute atomic E-state index is 11.9. The zero-order valence-corrected chi connectivity index (χ0v) is 13.5. The second-order valence-corrected chi connectivity index (χ2v) is 6.85. The van der Waals surface area contributed by atoms with E-state index in [0.29, 0.717) is 15.1 Å². The minimum atomic E-state index is -0.120. The molecule has 2 aromatic rings. The summed E-state index contributed by atoms with van der Waals surface area (Å²) < 4.78 is 0. The Kier molecular flexibility index (Phi) is 4.14. The van der Waals surface area contributed by atoms with Gasteiger partial charge in [0.1, 0.15) is 0 Å². The highest BCUT2D eigenvalue weighted by Gasteiger charge is 2.23. The summed E-state index contributed by atoms with van der Waals surface area (Å²) in [5, 5.41) is 5.98. The van der Waals surface area contributed by atoms with Gasteiger partial charge in [-0.05, 0) is 53.9 Å². The topological polar surface area (TPSA) is 41.5 Å². The fraction of sp³-hybridized carbons (Fsp3) is 0.0667. The molecule has 0 spiro atoms. The molecule has 0 radical (unpaired) electrons. The van der Waals surface area contributed by atoms with Gasteiger partial charge in [-0.15, -0.1) is 11.3 Å². The van der Waals surface area contributed by atoms with Crippen LogP contribution in [0.5, 0.6) is 0 Å². The number of nitrogens with zero attached hydrogens (tertiary/aromatic N) is 1. The van der Waals surface area contributed by atoms with Crippen LogP contribution in [0.3, 0.4) is 0 Å². The molecule has 0 saturated carbocycles. The monoisotopic (exact) mass is 334 g/mol. The van der Waals surface area contributed by atoms with Gasteiger partial charge in [0.25, 0.3) is 5.91 Å². The average Bonchev–Trinajstić information content (AvgIpc) is 3.06. The Balaban J connectivity index is 1.83. The first kappa shape index (κ1) is 14.4. The SMILES string of the molecule is Cc1ccc(N=C2NC(=O)/C(=C/c3cccs3)S2)cc1Cl. The summed E-state index contributed by atoms with van der Waals surface area (Å²) in [6.07, 6.45) is 1.87. The molecule has 6 heteroatoms. The Morgan fingerprint density at radius 1 is 1.33 bits per heavy atom. The summed E-state index contributed by atoms with van der Waals surface area (Å²) in [6, 6.07) is 9.50. The third kappa shape index (κ3) is 3.37. The summed E-state index contributed by atoms with van der Waals surface area (Å²) in [4.78, 5) is 18.0. The van der Waals surface area contributed by atoms with E-state index in [9.17, 15) is 4.79 Å². The lowest BCUT2D eigenvalue weighted by Crippen LogP contribution is -2.19. The van der Waals surface area contributed by atoms with Crippen LogP contribution in [0.15, 0.2) is 45.6 Å². The Bertz CT molecular complexity index is 751. The van der Waals surface area contributed by atoms with Crippen LogP contribution in [-0.2, 0) is 4.79 Å². The van der Waals surface area contributed by atoms with Gasteiger partial charge in [-0.25, -0.2) is 4.99 Å².